The molecule has 9 heteroatoms. The highest BCUT2D eigenvalue weighted by Crippen LogP contribution is 2.59. The van der Waals surface area contributed by atoms with Crippen LogP contribution in [0, 0.1) is 0 Å². The summed E-state index contributed by atoms with van der Waals surface area (Å²) in [5, 5.41) is 0. The number of imide groups is 4. The zero-order valence-electron chi connectivity index (χ0n) is 15.8. The monoisotopic (exact) mass is 400 g/mol. The molecule has 0 N–H and O–H groups in total. The van der Waals surface area contributed by atoms with Crippen molar-refractivity contribution >= 4 is 29.7 Å². The van der Waals surface area contributed by atoms with E-state index in [1.165, 1.54) is 6.08 Å². The number of esters is 1. The van der Waals surface area contributed by atoms with Gasteiger partial charge < -0.3 is 4.74 Å². The largest absolute Gasteiger partial charge is 0.466 e. The molecule has 5 amide bonds. The van der Waals surface area contributed by atoms with Crippen molar-refractivity contribution < 1.29 is 33.1 Å². The Bertz CT molecular complexity index is 1030. The number of methoxy groups -OCH3 is 1. The van der Waals surface area contributed by atoms with Gasteiger partial charge >= 0.3 is 12.0 Å². The Morgan fingerprint density at radius 2 is 1.69 bits per heavy atom. The lowest BCUT2D eigenvalue weighted by Crippen LogP contribution is -2.76. The Labute approximate surface area is 164 Å². The number of hydrogen-bond acceptors (Lipinski definition) is 6. The maximum atomic E-state index is 16.8. The second-order valence-electron chi connectivity index (χ2n) is 7.25. The zero-order chi connectivity index (χ0) is 21.2. The van der Waals surface area contributed by atoms with Crippen molar-refractivity contribution in [2.24, 2.45) is 0 Å². The van der Waals surface area contributed by atoms with Crippen molar-refractivity contribution in [3.63, 3.8) is 0 Å². The van der Waals surface area contributed by atoms with Crippen LogP contribution in [0.4, 0.5) is 9.18 Å². The number of rotatable bonds is 1. The summed E-state index contributed by atoms with van der Waals surface area (Å²) in [5.41, 5.74) is -1.98. The summed E-state index contributed by atoms with van der Waals surface area (Å²) in [6, 6.07) is 3.92. The highest BCUT2D eigenvalue weighted by molar-refractivity contribution is 6.19. The number of carbonyl (C=O) groups is 5. The van der Waals surface area contributed by atoms with Gasteiger partial charge in [0.05, 0.1) is 19.1 Å². The summed E-state index contributed by atoms with van der Waals surface area (Å²) in [6.45, 7) is 2.00. The fraction of sp³-hybridized carbons (Fsp3) is 0.350. The minimum atomic E-state index is -2.89. The first-order chi connectivity index (χ1) is 13.7. The molecule has 0 spiro atoms. The van der Waals surface area contributed by atoms with Crippen molar-refractivity contribution in [3.05, 3.63) is 47.0 Å². The Kier molecular flexibility index (Phi) is 3.97. The summed E-state index contributed by atoms with van der Waals surface area (Å²) >= 11 is 0. The van der Waals surface area contributed by atoms with E-state index in [1.54, 1.807) is 24.3 Å². The number of halogens is 1. The molecule has 0 saturated carbocycles. The third-order valence-corrected chi connectivity index (χ3v) is 5.81. The molecule has 1 aliphatic heterocycles. The van der Waals surface area contributed by atoms with E-state index in [9.17, 15) is 24.0 Å². The van der Waals surface area contributed by atoms with Gasteiger partial charge in [-0.3, -0.25) is 19.3 Å². The molecule has 3 aliphatic carbocycles. The number of hydrogen-bond donors (Lipinski definition) is 0. The van der Waals surface area contributed by atoms with Gasteiger partial charge in [0.1, 0.15) is 0 Å². The predicted octanol–water partition coefficient (Wildman–Crippen LogP) is 1.41. The third-order valence-electron chi connectivity index (χ3n) is 5.81. The van der Waals surface area contributed by atoms with Crippen LogP contribution in [0.2, 0.25) is 0 Å². The van der Waals surface area contributed by atoms with Gasteiger partial charge in [-0.15, -0.1) is 0 Å². The van der Waals surface area contributed by atoms with Crippen LogP contribution >= 0.6 is 0 Å². The first kappa shape index (κ1) is 19.0. The molecule has 4 atom stereocenters. The van der Waals surface area contributed by atoms with Crippen LogP contribution in [0.15, 0.2) is 35.9 Å². The first-order valence-electron chi connectivity index (χ1n) is 8.92. The Hall–Kier alpha value is -3.36. The van der Waals surface area contributed by atoms with Crippen LogP contribution in [0.3, 0.4) is 0 Å². The highest BCUT2D eigenvalue weighted by atomic mass is 19.1. The van der Waals surface area contributed by atoms with Crippen LogP contribution in [0.25, 0.3) is 0 Å². The molecule has 2 bridgehead atoms. The number of nitrogens with zero attached hydrogens (tertiary/aromatic N) is 2. The van der Waals surface area contributed by atoms with E-state index in [4.69, 9.17) is 4.74 Å². The lowest BCUT2D eigenvalue weighted by atomic mass is 9.56. The van der Waals surface area contributed by atoms with Gasteiger partial charge in [-0.2, -0.15) is 4.90 Å². The van der Waals surface area contributed by atoms with E-state index in [0.717, 1.165) is 21.0 Å². The van der Waals surface area contributed by atoms with E-state index >= 15 is 4.39 Å². The second-order valence-corrected chi connectivity index (χ2v) is 7.25. The van der Waals surface area contributed by atoms with E-state index in [1.807, 2.05) is 0 Å². The van der Waals surface area contributed by atoms with Gasteiger partial charge in [0.25, 0.3) is 5.91 Å². The molecule has 0 aromatic heterocycles. The molecular formula is C20H17FN2O6. The smallest absolute Gasteiger partial charge is 0.340 e. The van der Waals surface area contributed by atoms with Crippen LogP contribution in [-0.4, -0.2) is 58.3 Å². The summed E-state index contributed by atoms with van der Waals surface area (Å²) in [4.78, 5) is 63.4. The van der Waals surface area contributed by atoms with Crippen molar-refractivity contribution in [3.8, 4) is 0 Å². The number of ether oxygens (including phenoxy) is 1. The van der Waals surface area contributed by atoms with E-state index in [2.05, 4.69) is 0 Å². The minimum Gasteiger partial charge on any atom is -0.466 e. The molecular weight excluding hydrogens is 383 g/mol. The summed E-state index contributed by atoms with van der Waals surface area (Å²) in [7, 11) is 1.13. The average molecular weight is 400 g/mol. The van der Waals surface area contributed by atoms with Crippen molar-refractivity contribution in [1.29, 1.82) is 0 Å². The molecule has 8 nitrogen and oxygen atoms in total. The van der Waals surface area contributed by atoms with Crippen molar-refractivity contribution in [2.75, 3.05) is 7.11 Å². The molecule has 1 aromatic carbocycles. The van der Waals surface area contributed by atoms with Gasteiger partial charge in [0.15, 0.2) is 0 Å². The van der Waals surface area contributed by atoms with E-state index in [-0.39, 0.29) is 10.5 Å². The van der Waals surface area contributed by atoms with Gasteiger partial charge in [0.2, 0.25) is 17.5 Å². The topological polar surface area (TPSA) is 101 Å². The van der Waals surface area contributed by atoms with E-state index < -0.39 is 53.3 Å². The molecule has 1 aromatic rings. The molecule has 29 heavy (non-hydrogen) atoms. The number of amides is 5. The summed E-state index contributed by atoms with van der Waals surface area (Å²) in [6.07, 6.45) is 1.45. The molecule has 5 rings (SSSR count). The fourth-order valence-corrected chi connectivity index (χ4v) is 4.77. The zero-order valence-corrected chi connectivity index (χ0v) is 15.8. The average Bonchev–Trinajstić information content (AvgIpc) is 2.68. The maximum absolute atomic E-state index is 16.8. The van der Waals surface area contributed by atoms with Crippen molar-refractivity contribution in [1.82, 2.24) is 9.80 Å². The predicted molar refractivity (Wildman–Crippen MR) is 95.1 cm³/mol. The maximum Gasteiger partial charge on any atom is 0.340 e. The molecule has 1 saturated heterocycles. The molecule has 0 unspecified atom stereocenters. The SMILES string of the molecule is COC(=O)C1=C[C@@H]2c3ccccc3[C@H]1[C@@]1(F)C(=O)N(C(C)=O)C(=O)N(C(C)=O)[C@@H]21. The lowest BCUT2D eigenvalue weighted by molar-refractivity contribution is -0.164. The Balaban J connectivity index is 2.05. The standard InChI is InChI=1S/C20H17FN2O6/c1-9(24)22-16-13-8-14(17(26)29-3)15(12-7-5-4-6-11(12)13)20(16,21)18(27)23(10(2)25)19(22)28/h4-8,13,15-16H,1-3H3/t13-,15-,16+,20+/m1/s1. The molecule has 1 heterocycles. The third kappa shape index (κ3) is 2.21. The highest BCUT2D eigenvalue weighted by Gasteiger charge is 2.71. The van der Waals surface area contributed by atoms with Gasteiger partial charge in [0, 0.05) is 25.3 Å². The molecule has 150 valence electrons. The van der Waals surface area contributed by atoms with Crippen LogP contribution < -0.4 is 0 Å². The number of carbonyl (C=O) groups excluding carboxylic acids is 5. The minimum absolute atomic E-state index is 0.0790. The molecule has 1 fully saturated rings. The van der Waals surface area contributed by atoms with Gasteiger partial charge in [-0.25, -0.2) is 14.0 Å². The normalized spacial score (nSPS) is 29.8. The summed E-state index contributed by atoms with van der Waals surface area (Å²) < 4.78 is 21.6. The van der Waals surface area contributed by atoms with Crippen LogP contribution in [-0.2, 0) is 23.9 Å². The van der Waals surface area contributed by atoms with Gasteiger partial charge in [-0.05, 0) is 11.1 Å². The lowest BCUT2D eigenvalue weighted by Gasteiger charge is -2.56. The first-order valence-corrected chi connectivity index (χ1v) is 8.92. The second kappa shape index (κ2) is 6.07. The Morgan fingerprint density at radius 1 is 1.07 bits per heavy atom. The number of alkyl halides is 1. The van der Waals surface area contributed by atoms with Crippen molar-refractivity contribution in [2.45, 2.75) is 37.4 Å². The van der Waals surface area contributed by atoms with Gasteiger partial charge in [-0.1, -0.05) is 30.3 Å². The molecule has 0 radical (unpaired) electrons. The Morgan fingerprint density at radius 3 is 2.24 bits per heavy atom. The van der Waals surface area contributed by atoms with Crippen LogP contribution in [0.1, 0.15) is 36.8 Å². The van der Waals surface area contributed by atoms with Crippen LogP contribution in [0.5, 0.6) is 0 Å². The molecule has 4 aliphatic rings. The fourth-order valence-electron chi connectivity index (χ4n) is 4.77. The summed E-state index contributed by atoms with van der Waals surface area (Å²) in [5.74, 6) is -6.39. The van der Waals surface area contributed by atoms with E-state index in [0.29, 0.717) is 16.0 Å². The number of urea groups is 1. The number of benzene rings is 1. The quantitative estimate of drug-likeness (QED) is 0.661.